The van der Waals surface area contributed by atoms with Crippen molar-refractivity contribution in [3.8, 4) is 0 Å². The van der Waals surface area contributed by atoms with Crippen molar-refractivity contribution in [3.05, 3.63) is 21.9 Å². The first-order valence-corrected chi connectivity index (χ1v) is 7.58. The average molecular weight is 315 g/mol. The number of likely N-dealkylation sites (tertiary alicyclic amines) is 1. The van der Waals surface area contributed by atoms with Crippen LogP contribution in [0.1, 0.15) is 39.8 Å². The van der Waals surface area contributed by atoms with Gasteiger partial charge in [0.05, 0.1) is 4.88 Å². The molecule has 2 heterocycles. The summed E-state index contributed by atoms with van der Waals surface area (Å²) in [6.45, 7) is 3.12. The van der Waals surface area contributed by atoms with Gasteiger partial charge < -0.3 is 10.6 Å². The van der Waals surface area contributed by atoms with Crippen molar-refractivity contribution in [1.82, 2.24) is 4.90 Å². The van der Waals surface area contributed by atoms with Crippen LogP contribution in [-0.4, -0.2) is 35.7 Å². The van der Waals surface area contributed by atoms with Crippen molar-refractivity contribution >= 4 is 35.4 Å². The maximum atomic E-state index is 12.4. The Morgan fingerprint density at radius 3 is 2.70 bits per heavy atom. The summed E-state index contributed by atoms with van der Waals surface area (Å²) in [5.41, 5.74) is 6.71. The fraction of sp³-hybridized carbons (Fsp3) is 0.571. The van der Waals surface area contributed by atoms with Gasteiger partial charge in [0.15, 0.2) is 5.78 Å². The molecule has 20 heavy (non-hydrogen) atoms. The van der Waals surface area contributed by atoms with Gasteiger partial charge in [0.25, 0.3) is 5.91 Å². The SMILES string of the molecule is CC(=O)c1csc(C(=O)N2CC3CCC(N)C3C2)c1.Cl. The molecule has 0 spiro atoms. The summed E-state index contributed by atoms with van der Waals surface area (Å²) in [6, 6.07) is 1.96. The Morgan fingerprint density at radius 1 is 1.35 bits per heavy atom. The molecule has 3 atom stereocenters. The van der Waals surface area contributed by atoms with E-state index in [1.165, 1.54) is 18.3 Å². The molecule has 0 aromatic carbocycles. The number of hydrogen-bond acceptors (Lipinski definition) is 4. The van der Waals surface area contributed by atoms with E-state index in [2.05, 4.69) is 0 Å². The van der Waals surface area contributed by atoms with Crippen LogP contribution in [0.15, 0.2) is 11.4 Å². The van der Waals surface area contributed by atoms with E-state index in [0.717, 1.165) is 25.9 Å². The minimum Gasteiger partial charge on any atom is -0.337 e. The lowest BCUT2D eigenvalue weighted by atomic mass is 9.98. The molecule has 6 heteroatoms. The number of fused-ring (bicyclic) bond motifs is 1. The van der Waals surface area contributed by atoms with Gasteiger partial charge >= 0.3 is 0 Å². The summed E-state index contributed by atoms with van der Waals surface area (Å²) in [6.07, 6.45) is 2.23. The van der Waals surface area contributed by atoms with Crippen LogP contribution in [0.4, 0.5) is 0 Å². The number of carbonyl (C=O) groups excluding carboxylic acids is 2. The number of rotatable bonds is 2. The second-order valence-corrected chi connectivity index (χ2v) is 6.54. The quantitative estimate of drug-likeness (QED) is 0.851. The van der Waals surface area contributed by atoms with E-state index in [9.17, 15) is 9.59 Å². The Hall–Kier alpha value is -0.910. The molecule has 1 aromatic heterocycles. The van der Waals surface area contributed by atoms with E-state index in [4.69, 9.17) is 5.73 Å². The Bertz CT molecular complexity index is 531. The van der Waals surface area contributed by atoms with Gasteiger partial charge in [-0.2, -0.15) is 0 Å². The molecule has 1 saturated heterocycles. The number of thiophene rings is 1. The van der Waals surface area contributed by atoms with Crippen molar-refractivity contribution in [2.45, 2.75) is 25.8 Å². The minimum absolute atomic E-state index is 0. The van der Waals surface area contributed by atoms with Gasteiger partial charge in [-0.15, -0.1) is 23.7 Å². The van der Waals surface area contributed by atoms with Gasteiger partial charge in [0.1, 0.15) is 0 Å². The van der Waals surface area contributed by atoms with Gasteiger partial charge in [0.2, 0.25) is 0 Å². The van der Waals surface area contributed by atoms with Gasteiger partial charge in [-0.3, -0.25) is 9.59 Å². The predicted octanol–water partition coefficient (Wildman–Crippen LogP) is 2.18. The molecule has 0 radical (unpaired) electrons. The number of carbonyl (C=O) groups is 2. The molecular formula is C14H19ClN2O2S. The zero-order valence-corrected chi connectivity index (χ0v) is 13.0. The fourth-order valence-corrected chi connectivity index (χ4v) is 4.18. The molecule has 110 valence electrons. The zero-order chi connectivity index (χ0) is 13.6. The molecule has 4 nitrogen and oxygen atoms in total. The van der Waals surface area contributed by atoms with Crippen LogP contribution in [0, 0.1) is 11.8 Å². The summed E-state index contributed by atoms with van der Waals surface area (Å²) in [5, 5.41) is 1.76. The second kappa shape index (κ2) is 5.84. The highest BCUT2D eigenvalue weighted by molar-refractivity contribution is 7.12. The second-order valence-electron chi connectivity index (χ2n) is 5.63. The zero-order valence-electron chi connectivity index (χ0n) is 11.4. The molecule has 3 rings (SSSR count). The largest absolute Gasteiger partial charge is 0.337 e. The average Bonchev–Trinajstić information content (AvgIpc) is 3.05. The van der Waals surface area contributed by atoms with E-state index in [0.29, 0.717) is 22.3 Å². The third kappa shape index (κ3) is 2.62. The Labute approximate surface area is 128 Å². The number of Topliss-reactive ketones (excluding diaryl/α,β-unsaturated/α-hetero) is 1. The summed E-state index contributed by atoms with van der Waals surface area (Å²) in [5.74, 6) is 1.11. The van der Waals surface area contributed by atoms with E-state index in [1.54, 1.807) is 11.4 Å². The van der Waals surface area contributed by atoms with Crippen LogP contribution in [-0.2, 0) is 0 Å². The number of hydrogen-bond donors (Lipinski definition) is 1. The molecule has 2 fully saturated rings. The topological polar surface area (TPSA) is 63.4 Å². The summed E-state index contributed by atoms with van der Waals surface area (Å²) in [4.78, 5) is 26.2. The van der Waals surface area contributed by atoms with Crippen LogP contribution in [0.25, 0.3) is 0 Å². The summed E-state index contributed by atoms with van der Waals surface area (Å²) in [7, 11) is 0. The first-order chi connectivity index (χ1) is 9.06. The lowest BCUT2D eigenvalue weighted by Crippen LogP contribution is -2.33. The highest BCUT2D eigenvalue weighted by Crippen LogP contribution is 2.37. The third-order valence-electron chi connectivity index (χ3n) is 4.42. The molecule has 3 unspecified atom stereocenters. The molecule has 2 aliphatic rings. The Balaban J connectivity index is 0.00000147. The summed E-state index contributed by atoms with van der Waals surface area (Å²) < 4.78 is 0. The monoisotopic (exact) mass is 314 g/mol. The molecule has 1 amide bonds. The number of nitrogens with two attached hydrogens (primary N) is 1. The lowest BCUT2D eigenvalue weighted by Gasteiger charge is -2.17. The molecule has 1 aliphatic heterocycles. The smallest absolute Gasteiger partial charge is 0.263 e. The van der Waals surface area contributed by atoms with Gasteiger partial charge in [-0.1, -0.05) is 0 Å². The number of ketones is 1. The van der Waals surface area contributed by atoms with E-state index in [-0.39, 0.29) is 30.1 Å². The van der Waals surface area contributed by atoms with E-state index < -0.39 is 0 Å². The highest BCUT2D eigenvalue weighted by Gasteiger charge is 2.42. The predicted molar refractivity (Wildman–Crippen MR) is 81.7 cm³/mol. The standard InChI is InChI=1S/C14H18N2O2S.ClH/c1-8(17)10-4-13(19-7-10)14(18)16-5-9-2-3-12(15)11(9)6-16;/h4,7,9,11-12H,2-3,5-6,15H2,1H3;1H. The first-order valence-electron chi connectivity index (χ1n) is 6.70. The van der Waals surface area contributed by atoms with Crippen LogP contribution in [0.2, 0.25) is 0 Å². The van der Waals surface area contributed by atoms with Crippen molar-refractivity contribution < 1.29 is 9.59 Å². The number of halogens is 1. The maximum Gasteiger partial charge on any atom is 0.263 e. The highest BCUT2D eigenvalue weighted by atomic mass is 35.5. The van der Waals surface area contributed by atoms with Crippen LogP contribution in [0.3, 0.4) is 0 Å². The molecule has 1 aromatic rings. The molecule has 0 bridgehead atoms. The number of amides is 1. The fourth-order valence-electron chi connectivity index (χ4n) is 3.26. The third-order valence-corrected chi connectivity index (χ3v) is 5.33. The van der Waals surface area contributed by atoms with Crippen LogP contribution >= 0.6 is 23.7 Å². The molecule has 1 saturated carbocycles. The van der Waals surface area contributed by atoms with Crippen molar-refractivity contribution in [2.24, 2.45) is 17.6 Å². The van der Waals surface area contributed by atoms with E-state index in [1.807, 2.05) is 4.90 Å². The minimum atomic E-state index is 0. The lowest BCUT2D eigenvalue weighted by molar-refractivity contribution is 0.0784. The molecular weight excluding hydrogens is 296 g/mol. The maximum absolute atomic E-state index is 12.4. The van der Waals surface area contributed by atoms with Crippen molar-refractivity contribution in [2.75, 3.05) is 13.1 Å². The van der Waals surface area contributed by atoms with Gasteiger partial charge in [-0.05, 0) is 37.7 Å². The van der Waals surface area contributed by atoms with Gasteiger partial charge in [-0.25, -0.2) is 0 Å². The summed E-state index contributed by atoms with van der Waals surface area (Å²) >= 11 is 1.36. The molecule has 1 aliphatic carbocycles. The van der Waals surface area contributed by atoms with Crippen molar-refractivity contribution in [3.63, 3.8) is 0 Å². The van der Waals surface area contributed by atoms with Crippen LogP contribution in [0.5, 0.6) is 0 Å². The molecule has 2 N–H and O–H groups in total. The Morgan fingerprint density at radius 2 is 2.10 bits per heavy atom. The first kappa shape index (κ1) is 15.5. The van der Waals surface area contributed by atoms with E-state index >= 15 is 0 Å². The van der Waals surface area contributed by atoms with Gasteiger partial charge in [0, 0.05) is 30.1 Å². The normalized spacial score (nSPS) is 28.1. The number of nitrogens with zero attached hydrogens (tertiary/aromatic N) is 1. The Kier molecular flexibility index (Phi) is 4.52. The van der Waals surface area contributed by atoms with Crippen molar-refractivity contribution in [1.29, 1.82) is 0 Å². The van der Waals surface area contributed by atoms with Crippen LogP contribution < -0.4 is 5.73 Å².